The average Bonchev–Trinajstić information content (AvgIpc) is 1.36. The second-order valence-corrected chi connectivity index (χ2v) is 28.1. The fraction of sp³-hybridized carbons (Fsp3) is 0.766. The number of unbranched alkanes of at least 4 members (excludes halogenated alkanes) is 31. The van der Waals surface area contributed by atoms with Crippen molar-refractivity contribution in [1.29, 1.82) is 0 Å². The van der Waals surface area contributed by atoms with Crippen molar-refractivity contribution in [3.63, 3.8) is 0 Å². The first kappa shape index (κ1) is 92.2. The summed E-state index contributed by atoms with van der Waals surface area (Å²) in [6.07, 6.45) is 70.1. The first-order chi connectivity index (χ1) is 46.7. The van der Waals surface area contributed by atoms with Gasteiger partial charge in [0.15, 0.2) is 12.2 Å². The molecule has 0 radical (unpaired) electrons. The van der Waals surface area contributed by atoms with Crippen molar-refractivity contribution >= 4 is 39.5 Å². The fourth-order valence-corrected chi connectivity index (χ4v) is 11.6. The maximum absolute atomic E-state index is 13.1. The summed E-state index contributed by atoms with van der Waals surface area (Å²) < 4.78 is 68.4. The zero-order valence-corrected chi connectivity index (χ0v) is 62.3. The van der Waals surface area contributed by atoms with Crippen molar-refractivity contribution in [1.82, 2.24) is 0 Å². The number of ether oxygens (including phenoxy) is 4. The van der Waals surface area contributed by atoms with E-state index in [0.29, 0.717) is 25.7 Å². The van der Waals surface area contributed by atoms with Crippen molar-refractivity contribution in [3.05, 3.63) is 85.1 Å². The molecule has 0 aliphatic carbocycles. The van der Waals surface area contributed by atoms with Gasteiger partial charge >= 0.3 is 39.5 Å². The van der Waals surface area contributed by atoms with Crippen molar-refractivity contribution in [2.75, 3.05) is 39.6 Å². The van der Waals surface area contributed by atoms with Gasteiger partial charge in [0, 0.05) is 25.7 Å². The first-order valence-electron chi connectivity index (χ1n) is 37.8. The van der Waals surface area contributed by atoms with Crippen LogP contribution in [0.5, 0.6) is 0 Å². The molecule has 0 bridgehead atoms. The molecule has 0 saturated heterocycles. The molecule has 0 aliphatic heterocycles. The number of aliphatic hydroxyl groups is 1. The lowest BCUT2D eigenvalue weighted by molar-refractivity contribution is -0.161. The maximum Gasteiger partial charge on any atom is 0.472 e. The summed E-state index contributed by atoms with van der Waals surface area (Å²) >= 11 is 0. The monoisotopic (exact) mass is 1390 g/mol. The minimum atomic E-state index is -4.98. The van der Waals surface area contributed by atoms with E-state index in [-0.39, 0.29) is 25.7 Å². The Labute approximate surface area is 583 Å². The molecule has 17 nitrogen and oxygen atoms in total. The lowest BCUT2D eigenvalue weighted by Crippen LogP contribution is -2.30. The Morgan fingerprint density at radius 2 is 0.542 bits per heavy atom. The molecule has 19 heteroatoms. The number of carbonyl (C=O) groups is 4. The standard InChI is InChI=1S/C77H136O17P2/c1-5-9-13-17-21-25-29-33-35-39-42-46-50-54-58-62-75(80)88-68-73(94-77(82)64-60-56-52-48-44-40-36-34-30-26-22-18-14-10-6-2)70-92-96(85,86)90-66-71(78)65-89-95(83,84)91-69-72(93-76(81)63-59-55-51-47-43-38-32-28-24-20-16-12-8-4)67-87-74(79)61-57-53-49-45-41-37-31-27-23-19-15-11-7-3/h9,13,21,25,27-28,31-36,42,46,71-73,78H,5-8,10-12,14-20,22-24,26,29-30,37-41,43-45,47-70H2,1-4H3,(H,83,84)(H,85,86)/b13-9-,25-21-,31-27-,32-28-,35-33-,36-34-,46-42-. The van der Waals surface area contributed by atoms with Crippen molar-refractivity contribution in [2.45, 2.75) is 341 Å². The van der Waals surface area contributed by atoms with E-state index in [2.05, 4.69) is 113 Å². The summed E-state index contributed by atoms with van der Waals surface area (Å²) in [5.74, 6) is -2.24. The van der Waals surface area contributed by atoms with Gasteiger partial charge in [-0.1, -0.05) is 241 Å². The number of rotatable bonds is 71. The van der Waals surface area contributed by atoms with E-state index in [4.69, 9.17) is 37.0 Å². The van der Waals surface area contributed by atoms with Crippen LogP contribution >= 0.6 is 15.6 Å². The predicted molar refractivity (Wildman–Crippen MR) is 390 cm³/mol. The van der Waals surface area contributed by atoms with Gasteiger partial charge in [-0.2, -0.15) is 0 Å². The molecule has 0 aromatic heterocycles. The molecular formula is C77H136O17P2. The summed E-state index contributed by atoms with van der Waals surface area (Å²) in [6.45, 7) is 4.67. The van der Waals surface area contributed by atoms with Gasteiger partial charge in [0.05, 0.1) is 26.4 Å². The fourth-order valence-electron chi connectivity index (χ4n) is 10.0. The van der Waals surface area contributed by atoms with Crippen LogP contribution in [0.2, 0.25) is 0 Å². The third-order valence-electron chi connectivity index (χ3n) is 15.8. The molecule has 556 valence electrons. The van der Waals surface area contributed by atoms with E-state index in [1.54, 1.807) is 0 Å². The third kappa shape index (κ3) is 68.8. The summed E-state index contributed by atoms with van der Waals surface area (Å²) in [7, 11) is -9.96. The molecule has 96 heavy (non-hydrogen) atoms. The largest absolute Gasteiger partial charge is 0.472 e. The zero-order valence-electron chi connectivity index (χ0n) is 60.5. The minimum Gasteiger partial charge on any atom is -0.462 e. The number of phosphoric ester groups is 2. The summed E-state index contributed by atoms with van der Waals surface area (Å²) in [5.41, 5.74) is 0. The molecule has 0 aromatic rings. The van der Waals surface area contributed by atoms with Crippen LogP contribution in [0, 0.1) is 0 Å². The lowest BCUT2D eigenvalue weighted by Gasteiger charge is -2.21. The second kappa shape index (κ2) is 69.7. The average molecular weight is 1400 g/mol. The number of phosphoric acid groups is 2. The van der Waals surface area contributed by atoms with Gasteiger partial charge < -0.3 is 33.8 Å². The molecular weight excluding hydrogens is 1260 g/mol. The normalized spacial score (nSPS) is 14.4. The van der Waals surface area contributed by atoms with Crippen LogP contribution in [-0.4, -0.2) is 96.7 Å². The number of hydrogen-bond donors (Lipinski definition) is 3. The van der Waals surface area contributed by atoms with E-state index in [9.17, 15) is 43.2 Å². The van der Waals surface area contributed by atoms with Crippen LogP contribution in [-0.2, 0) is 65.4 Å². The number of esters is 4. The summed E-state index contributed by atoms with van der Waals surface area (Å²) in [4.78, 5) is 72.8. The Balaban J connectivity index is 5.38. The Kier molecular flexibility index (Phi) is 67.0. The smallest absolute Gasteiger partial charge is 0.462 e. The molecule has 0 aromatic carbocycles. The second-order valence-electron chi connectivity index (χ2n) is 25.2. The van der Waals surface area contributed by atoms with E-state index < -0.39 is 97.5 Å². The first-order valence-corrected chi connectivity index (χ1v) is 40.8. The van der Waals surface area contributed by atoms with E-state index >= 15 is 0 Å². The van der Waals surface area contributed by atoms with Gasteiger partial charge in [0.25, 0.3) is 0 Å². The number of carbonyl (C=O) groups excluding carboxylic acids is 4. The van der Waals surface area contributed by atoms with Crippen molar-refractivity contribution in [2.24, 2.45) is 0 Å². The Bertz CT molecular complexity index is 2160. The molecule has 0 fully saturated rings. The highest BCUT2D eigenvalue weighted by atomic mass is 31.2. The highest BCUT2D eigenvalue weighted by Crippen LogP contribution is 2.45. The van der Waals surface area contributed by atoms with Gasteiger partial charge in [-0.05, 0) is 141 Å². The number of allylic oxidation sites excluding steroid dienone is 14. The van der Waals surface area contributed by atoms with Crippen LogP contribution in [0.3, 0.4) is 0 Å². The summed E-state index contributed by atoms with van der Waals surface area (Å²) in [6, 6.07) is 0. The third-order valence-corrected chi connectivity index (χ3v) is 17.7. The molecule has 0 aliphatic rings. The molecule has 0 amide bonds. The van der Waals surface area contributed by atoms with Gasteiger partial charge in [0.2, 0.25) is 0 Å². The highest BCUT2D eigenvalue weighted by molar-refractivity contribution is 7.47. The van der Waals surface area contributed by atoms with Gasteiger partial charge in [0.1, 0.15) is 19.3 Å². The van der Waals surface area contributed by atoms with Crippen LogP contribution in [0.4, 0.5) is 0 Å². The zero-order chi connectivity index (χ0) is 70.4. The predicted octanol–water partition coefficient (Wildman–Crippen LogP) is 21.4. The molecule has 0 heterocycles. The van der Waals surface area contributed by atoms with Crippen molar-refractivity contribution < 1.29 is 80.2 Å². The van der Waals surface area contributed by atoms with E-state index in [0.717, 1.165) is 154 Å². The van der Waals surface area contributed by atoms with Crippen LogP contribution in [0.1, 0.15) is 323 Å². The minimum absolute atomic E-state index is 0.0768. The maximum atomic E-state index is 13.1. The quantitative estimate of drug-likeness (QED) is 0.0169. The molecule has 0 spiro atoms. The Hall–Kier alpha value is -3.76. The van der Waals surface area contributed by atoms with Gasteiger partial charge in [-0.15, -0.1) is 0 Å². The number of hydrogen-bond acceptors (Lipinski definition) is 15. The van der Waals surface area contributed by atoms with Crippen LogP contribution in [0.25, 0.3) is 0 Å². The molecule has 5 atom stereocenters. The molecule has 0 saturated carbocycles. The van der Waals surface area contributed by atoms with E-state index in [1.807, 2.05) is 0 Å². The Morgan fingerprint density at radius 3 is 0.875 bits per heavy atom. The molecule has 0 rings (SSSR count). The molecule has 5 unspecified atom stereocenters. The van der Waals surface area contributed by atoms with E-state index in [1.165, 1.54) is 89.9 Å². The lowest BCUT2D eigenvalue weighted by atomic mass is 10.1. The van der Waals surface area contributed by atoms with Gasteiger partial charge in [-0.3, -0.25) is 37.3 Å². The van der Waals surface area contributed by atoms with Gasteiger partial charge in [-0.25, -0.2) is 9.13 Å². The topological polar surface area (TPSA) is 237 Å². The van der Waals surface area contributed by atoms with Crippen molar-refractivity contribution in [3.8, 4) is 0 Å². The Morgan fingerprint density at radius 1 is 0.302 bits per heavy atom. The SMILES string of the molecule is CC/C=C\C/C=C\C/C=C\C/C=C\CCCCC(=O)OCC(COP(=O)(O)OCC(O)COP(=O)(O)OCC(COC(=O)CCCCCCC/C=C\CCCCCC)OC(=O)CCCCCCC/C=C\CCCCCC)OC(=O)CCCCCCC/C=C\CCCCCCCC. The number of aliphatic hydroxyl groups excluding tert-OH is 1. The highest BCUT2D eigenvalue weighted by Gasteiger charge is 2.30. The summed E-state index contributed by atoms with van der Waals surface area (Å²) in [5, 5.41) is 10.6. The van der Waals surface area contributed by atoms with Crippen LogP contribution < -0.4 is 0 Å². The molecule has 3 N–H and O–H groups in total. The van der Waals surface area contributed by atoms with Crippen LogP contribution in [0.15, 0.2) is 85.1 Å².